The number of ether oxygens (including phenoxy) is 2. The standard InChI is InChI=1S/C24H27N5O2/c1-30-21-5-2-18(3-6-21)15-31-22-9-11-28(14-22)10-8-19-13-25-24-7-4-20(12-23(19)24)29-16-26-27-17-29/h2-7,12-13,16-17,22,25H,8-11,14-15H2,1H3/t22-/m1/s1. The van der Waals surface area contributed by atoms with Crippen LogP contribution >= 0.6 is 0 Å². The monoisotopic (exact) mass is 417 g/mol. The van der Waals surface area contributed by atoms with E-state index in [1.807, 2.05) is 16.7 Å². The van der Waals surface area contributed by atoms with Crippen molar-refractivity contribution in [3.05, 3.63) is 72.4 Å². The van der Waals surface area contributed by atoms with Gasteiger partial charge in [0.25, 0.3) is 0 Å². The number of fused-ring (bicyclic) bond motifs is 1. The van der Waals surface area contributed by atoms with Crippen LogP contribution in [0.25, 0.3) is 16.6 Å². The van der Waals surface area contributed by atoms with Gasteiger partial charge in [0.2, 0.25) is 0 Å². The Labute approximate surface area is 181 Å². The minimum atomic E-state index is 0.297. The predicted octanol–water partition coefficient (Wildman–Crippen LogP) is 3.59. The fourth-order valence-electron chi connectivity index (χ4n) is 4.22. The predicted molar refractivity (Wildman–Crippen MR) is 120 cm³/mol. The second kappa shape index (κ2) is 8.91. The van der Waals surface area contributed by atoms with Gasteiger partial charge in [0.05, 0.1) is 19.8 Å². The lowest BCUT2D eigenvalue weighted by atomic mass is 10.1. The molecular weight excluding hydrogens is 390 g/mol. The van der Waals surface area contributed by atoms with E-state index in [-0.39, 0.29) is 0 Å². The number of likely N-dealkylation sites (tertiary alicyclic amines) is 1. The Morgan fingerprint density at radius 1 is 1.10 bits per heavy atom. The summed E-state index contributed by atoms with van der Waals surface area (Å²) in [7, 11) is 1.69. The minimum Gasteiger partial charge on any atom is -0.497 e. The third-order valence-corrected chi connectivity index (χ3v) is 6.04. The van der Waals surface area contributed by atoms with E-state index < -0.39 is 0 Å². The third-order valence-electron chi connectivity index (χ3n) is 6.04. The molecule has 0 unspecified atom stereocenters. The van der Waals surface area contributed by atoms with Crippen LogP contribution in [0, 0.1) is 0 Å². The first-order valence-electron chi connectivity index (χ1n) is 10.7. The van der Waals surface area contributed by atoms with Crippen LogP contribution in [0.2, 0.25) is 0 Å². The highest BCUT2D eigenvalue weighted by Crippen LogP contribution is 2.23. The number of benzene rings is 2. The number of rotatable bonds is 8. The van der Waals surface area contributed by atoms with Gasteiger partial charge in [-0.25, -0.2) is 0 Å². The molecule has 4 aromatic rings. The number of hydrogen-bond donors (Lipinski definition) is 1. The summed E-state index contributed by atoms with van der Waals surface area (Å²) < 4.78 is 13.3. The van der Waals surface area contributed by atoms with Crippen LogP contribution in [0.4, 0.5) is 0 Å². The van der Waals surface area contributed by atoms with Crippen LogP contribution < -0.4 is 4.74 Å². The van der Waals surface area contributed by atoms with Gasteiger partial charge in [0.15, 0.2) is 0 Å². The number of nitrogens with one attached hydrogen (secondary N) is 1. The van der Waals surface area contributed by atoms with Gasteiger partial charge < -0.3 is 19.4 Å². The smallest absolute Gasteiger partial charge is 0.123 e. The van der Waals surface area contributed by atoms with Gasteiger partial charge in [0, 0.05) is 42.4 Å². The Hall–Kier alpha value is -3.16. The molecule has 7 nitrogen and oxygen atoms in total. The van der Waals surface area contributed by atoms with Crippen molar-refractivity contribution in [1.82, 2.24) is 24.6 Å². The Morgan fingerprint density at radius 3 is 2.74 bits per heavy atom. The molecule has 1 saturated heterocycles. The van der Waals surface area contributed by atoms with Crippen molar-refractivity contribution >= 4 is 10.9 Å². The van der Waals surface area contributed by atoms with Crippen molar-refractivity contribution < 1.29 is 9.47 Å². The normalized spacial score (nSPS) is 16.9. The van der Waals surface area contributed by atoms with E-state index in [1.54, 1.807) is 19.8 Å². The van der Waals surface area contributed by atoms with Gasteiger partial charge in [-0.05, 0) is 54.3 Å². The summed E-state index contributed by atoms with van der Waals surface area (Å²) in [4.78, 5) is 5.90. The summed E-state index contributed by atoms with van der Waals surface area (Å²) in [6.07, 6.45) is 7.98. The summed E-state index contributed by atoms with van der Waals surface area (Å²) in [6, 6.07) is 14.5. The van der Waals surface area contributed by atoms with Gasteiger partial charge in [-0.3, -0.25) is 4.57 Å². The van der Waals surface area contributed by atoms with Crippen molar-refractivity contribution in [1.29, 1.82) is 0 Å². The first kappa shape index (κ1) is 19.8. The summed E-state index contributed by atoms with van der Waals surface area (Å²) >= 11 is 0. The molecule has 2 aromatic heterocycles. The number of aromatic amines is 1. The van der Waals surface area contributed by atoms with E-state index >= 15 is 0 Å². The van der Waals surface area contributed by atoms with Crippen molar-refractivity contribution in [2.45, 2.75) is 25.6 Å². The average Bonchev–Trinajstić information content (AvgIpc) is 3.57. The first-order valence-corrected chi connectivity index (χ1v) is 10.7. The van der Waals surface area contributed by atoms with E-state index in [0.717, 1.165) is 49.4 Å². The molecule has 0 saturated carbocycles. The van der Waals surface area contributed by atoms with E-state index in [2.05, 4.69) is 56.6 Å². The average molecular weight is 418 g/mol. The number of hydrogen-bond acceptors (Lipinski definition) is 5. The molecule has 3 heterocycles. The number of methoxy groups -OCH3 is 1. The van der Waals surface area contributed by atoms with Crippen LogP contribution in [0.1, 0.15) is 17.5 Å². The molecular formula is C24H27N5O2. The Morgan fingerprint density at radius 2 is 1.94 bits per heavy atom. The van der Waals surface area contributed by atoms with Crippen LogP contribution in [0.3, 0.4) is 0 Å². The van der Waals surface area contributed by atoms with E-state index in [4.69, 9.17) is 9.47 Å². The highest BCUT2D eigenvalue weighted by Gasteiger charge is 2.23. The van der Waals surface area contributed by atoms with E-state index in [9.17, 15) is 0 Å². The van der Waals surface area contributed by atoms with Gasteiger partial charge in [-0.2, -0.15) is 0 Å². The summed E-state index contributed by atoms with van der Waals surface area (Å²) in [5.41, 5.74) is 4.76. The molecule has 0 amide bonds. The molecule has 2 aromatic carbocycles. The topological polar surface area (TPSA) is 68.2 Å². The van der Waals surface area contributed by atoms with Gasteiger partial charge >= 0.3 is 0 Å². The van der Waals surface area contributed by atoms with Crippen molar-refractivity contribution in [2.24, 2.45) is 0 Å². The second-order valence-electron chi connectivity index (χ2n) is 8.03. The molecule has 1 atom stereocenters. The molecule has 0 aliphatic carbocycles. The molecule has 160 valence electrons. The quantitative estimate of drug-likeness (QED) is 0.475. The highest BCUT2D eigenvalue weighted by molar-refractivity contribution is 5.85. The van der Waals surface area contributed by atoms with Gasteiger partial charge in [0.1, 0.15) is 18.4 Å². The summed E-state index contributed by atoms with van der Waals surface area (Å²) in [5.74, 6) is 0.877. The molecule has 0 spiro atoms. The molecule has 5 rings (SSSR count). The van der Waals surface area contributed by atoms with E-state index in [1.165, 1.54) is 16.5 Å². The zero-order valence-electron chi connectivity index (χ0n) is 17.7. The van der Waals surface area contributed by atoms with Gasteiger partial charge in [-0.15, -0.1) is 10.2 Å². The number of nitrogens with zero attached hydrogens (tertiary/aromatic N) is 4. The molecule has 1 aliphatic rings. The molecule has 7 heteroatoms. The lowest BCUT2D eigenvalue weighted by Gasteiger charge is -2.16. The zero-order chi connectivity index (χ0) is 21.0. The second-order valence-corrected chi connectivity index (χ2v) is 8.03. The molecule has 0 bridgehead atoms. The van der Waals surface area contributed by atoms with Crippen LogP contribution in [-0.4, -0.2) is 57.5 Å². The summed E-state index contributed by atoms with van der Waals surface area (Å²) in [5, 5.41) is 9.08. The van der Waals surface area contributed by atoms with Crippen molar-refractivity contribution in [3.63, 3.8) is 0 Å². The fourth-order valence-corrected chi connectivity index (χ4v) is 4.22. The van der Waals surface area contributed by atoms with Crippen LogP contribution in [0.5, 0.6) is 5.75 Å². The maximum absolute atomic E-state index is 6.15. The first-order chi connectivity index (χ1) is 15.3. The molecule has 1 aliphatic heterocycles. The zero-order valence-corrected chi connectivity index (χ0v) is 17.7. The van der Waals surface area contributed by atoms with E-state index in [0.29, 0.717) is 12.7 Å². The lowest BCUT2D eigenvalue weighted by molar-refractivity contribution is 0.0467. The van der Waals surface area contributed by atoms with Crippen LogP contribution in [-0.2, 0) is 17.8 Å². The van der Waals surface area contributed by atoms with Crippen LogP contribution in [0.15, 0.2) is 61.3 Å². The molecule has 1 fully saturated rings. The van der Waals surface area contributed by atoms with Crippen molar-refractivity contribution in [3.8, 4) is 11.4 Å². The Bertz CT molecular complexity index is 1120. The third kappa shape index (κ3) is 4.47. The fraction of sp³-hybridized carbons (Fsp3) is 0.333. The lowest BCUT2D eigenvalue weighted by Crippen LogP contribution is -2.25. The SMILES string of the molecule is COc1ccc(CO[C@@H]2CCN(CCc3c[nH]c4ccc(-n5cnnc5)cc34)C2)cc1. The highest BCUT2D eigenvalue weighted by atomic mass is 16.5. The maximum atomic E-state index is 6.15. The molecule has 1 N–H and O–H groups in total. The minimum absolute atomic E-state index is 0.297. The molecule has 0 radical (unpaired) electrons. The largest absolute Gasteiger partial charge is 0.497 e. The molecule has 31 heavy (non-hydrogen) atoms. The van der Waals surface area contributed by atoms with Gasteiger partial charge in [-0.1, -0.05) is 12.1 Å². The Kier molecular flexibility index (Phi) is 5.69. The number of H-pyrrole nitrogens is 1. The summed E-state index contributed by atoms with van der Waals surface area (Å²) in [6.45, 7) is 3.76. The maximum Gasteiger partial charge on any atom is 0.123 e. The Balaban J connectivity index is 1.15. The van der Waals surface area contributed by atoms with Crippen molar-refractivity contribution in [2.75, 3.05) is 26.7 Å². The number of aromatic nitrogens is 4.